The zero-order chi connectivity index (χ0) is 39.0. The van der Waals surface area contributed by atoms with Crippen LogP contribution in [0.5, 0.6) is 0 Å². The molecule has 1 aromatic heterocycles. The standard InChI is InChI=1S/C41H59NO10S/c1-9-12-30-18-24(2)17-25(3)19-34(49-7)37-35(50-8)21-27(5)41(48,52-37)38(45)39(46)42-15-11-10-13-31(42)40(47)51-36(28(6)32(43)22-33(30)44)26(4)20-29-14-16-53-23-29/h9,14,16,18,20,23,25,27-28,30-32,34-37,43,48H,1,10-13,15,17,19,21-22H2,2-8H3/b24-18+,26-20+/t25-,27+,28+,30+,31-,32-,34-,35-,36+,37+,41+/m0/s1. The van der Waals surface area contributed by atoms with E-state index in [1.807, 2.05) is 42.8 Å². The molecule has 12 heteroatoms. The van der Waals surface area contributed by atoms with Crippen LogP contribution in [0.1, 0.15) is 91.5 Å². The number of amides is 1. The zero-order valence-corrected chi connectivity index (χ0v) is 33.1. The Labute approximate surface area is 318 Å². The van der Waals surface area contributed by atoms with Gasteiger partial charge in [-0.25, -0.2) is 4.79 Å². The summed E-state index contributed by atoms with van der Waals surface area (Å²) >= 11 is 1.51. The van der Waals surface area contributed by atoms with Crippen LogP contribution >= 0.6 is 11.3 Å². The number of Topliss-reactive ketones (excluding diaryl/α,β-unsaturated/α-hetero) is 2. The second-order valence-corrected chi connectivity index (χ2v) is 16.2. The molecule has 294 valence electrons. The second-order valence-electron chi connectivity index (χ2n) is 15.4. The van der Waals surface area contributed by atoms with Gasteiger partial charge >= 0.3 is 5.97 Å². The van der Waals surface area contributed by atoms with Gasteiger partial charge in [0.15, 0.2) is 0 Å². The number of aliphatic hydroxyl groups excluding tert-OH is 1. The highest BCUT2D eigenvalue weighted by molar-refractivity contribution is 7.08. The summed E-state index contributed by atoms with van der Waals surface area (Å²) < 4.78 is 24.1. The van der Waals surface area contributed by atoms with E-state index in [0.717, 1.165) is 11.1 Å². The monoisotopic (exact) mass is 757 g/mol. The van der Waals surface area contributed by atoms with Crippen molar-refractivity contribution in [1.82, 2.24) is 4.90 Å². The quantitative estimate of drug-likeness (QED) is 0.211. The lowest BCUT2D eigenvalue weighted by atomic mass is 9.82. The van der Waals surface area contributed by atoms with Crippen molar-refractivity contribution in [3.8, 4) is 0 Å². The predicted molar refractivity (Wildman–Crippen MR) is 203 cm³/mol. The molecule has 0 radical (unpaired) electrons. The van der Waals surface area contributed by atoms with E-state index in [0.29, 0.717) is 37.7 Å². The minimum atomic E-state index is -2.49. The van der Waals surface area contributed by atoms with Crippen molar-refractivity contribution in [1.29, 1.82) is 0 Å². The molecule has 0 unspecified atom stereocenters. The first kappa shape index (κ1) is 42.7. The molecule has 2 fully saturated rings. The van der Waals surface area contributed by atoms with Gasteiger partial charge in [0.2, 0.25) is 5.79 Å². The van der Waals surface area contributed by atoms with Crippen molar-refractivity contribution in [2.45, 2.75) is 128 Å². The van der Waals surface area contributed by atoms with Crippen LogP contribution in [0.4, 0.5) is 0 Å². The van der Waals surface area contributed by atoms with Gasteiger partial charge in [-0.05, 0) is 92.7 Å². The largest absolute Gasteiger partial charge is 0.456 e. The average Bonchev–Trinajstić information content (AvgIpc) is 3.65. The minimum absolute atomic E-state index is 0.0253. The van der Waals surface area contributed by atoms with Gasteiger partial charge in [-0.2, -0.15) is 11.3 Å². The maximum Gasteiger partial charge on any atom is 0.329 e. The highest BCUT2D eigenvalue weighted by atomic mass is 32.1. The summed E-state index contributed by atoms with van der Waals surface area (Å²) in [7, 11) is 3.06. The molecule has 0 aromatic carbocycles. The van der Waals surface area contributed by atoms with Crippen molar-refractivity contribution >= 4 is 40.9 Å². The number of cyclic esters (lactones) is 1. The molecule has 4 rings (SSSR count). The van der Waals surface area contributed by atoms with Crippen LogP contribution < -0.4 is 0 Å². The zero-order valence-electron chi connectivity index (χ0n) is 32.3. The molecule has 2 bridgehead atoms. The molecule has 3 aliphatic rings. The average molecular weight is 758 g/mol. The van der Waals surface area contributed by atoms with E-state index in [1.54, 1.807) is 26.8 Å². The number of aliphatic hydroxyl groups is 2. The molecule has 4 heterocycles. The molecule has 11 atom stereocenters. The molecular weight excluding hydrogens is 699 g/mol. The summed E-state index contributed by atoms with van der Waals surface area (Å²) in [4.78, 5) is 57.3. The van der Waals surface area contributed by atoms with Crippen molar-refractivity contribution in [2.24, 2.45) is 23.7 Å². The van der Waals surface area contributed by atoms with Crippen molar-refractivity contribution in [3.05, 3.63) is 52.3 Å². The summed E-state index contributed by atoms with van der Waals surface area (Å²) in [5.41, 5.74) is 2.51. The lowest BCUT2D eigenvalue weighted by Crippen LogP contribution is -2.64. The number of ketones is 2. The van der Waals surface area contributed by atoms with Crippen molar-refractivity contribution in [3.63, 3.8) is 0 Å². The van der Waals surface area contributed by atoms with Crippen molar-refractivity contribution in [2.75, 3.05) is 20.8 Å². The number of piperidine rings is 1. The summed E-state index contributed by atoms with van der Waals surface area (Å²) in [6.45, 7) is 13.1. The molecular formula is C41H59NO10S. The smallest absolute Gasteiger partial charge is 0.329 e. The Morgan fingerprint density at radius 2 is 1.79 bits per heavy atom. The van der Waals surface area contributed by atoms with Crippen LogP contribution in [0.15, 0.2) is 46.7 Å². The number of ether oxygens (including phenoxy) is 4. The maximum atomic E-state index is 14.1. The normalized spacial score (nSPS) is 37.2. The summed E-state index contributed by atoms with van der Waals surface area (Å²) in [5, 5.41) is 27.4. The maximum absolute atomic E-state index is 14.1. The fourth-order valence-electron chi connectivity index (χ4n) is 8.11. The van der Waals surface area contributed by atoms with E-state index in [-0.39, 0.29) is 37.5 Å². The van der Waals surface area contributed by atoms with Gasteiger partial charge in [-0.15, -0.1) is 6.58 Å². The minimum Gasteiger partial charge on any atom is -0.456 e. The number of hydrogen-bond donors (Lipinski definition) is 2. The van der Waals surface area contributed by atoms with Crippen LogP contribution in [0.2, 0.25) is 0 Å². The topological polar surface area (TPSA) is 149 Å². The molecule has 11 nitrogen and oxygen atoms in total. The first-order valence-electron chi connectivity index (χ1n) is 18.9. The number of esters is 1. The fraction of sp³-hybridized carbons (Fsp3) is 0.659. The van der Waals surface area contributed by atoms with Gasteiger partial charge in [0.25, 0.3) is 11.7 Å². The van der Waals surface area contributed by atoms with E-state index < -0.39 is 77.8 Å². The first-order chi connectivity index (χ1) is 25.1. The molecule has 2 saturated heterocycles. The Morgan fingerprint density at radius 1 is 1.09 bits per heavy atom. The molecule has 1 aromatic rings. The van der Waals surface area contributed by atoms with E-state index in [4.69, 9.17) is 18.9 Å². The Morgan fingerprint density at radius 3 is 2.43 bits per heavy atom. The number of hydrogen-bond acceptors (Lipinski definition) is 11. The van der Waals surface area contributed by atoms with Crippen LogP contribution in [-0.4, -0.2) is 102 Å². The molecule has 0 saturated carbocycles. The van der Waals surface area contributed by atoms with Gasteiger partial charge in [0.1, 0.15) is 24.0 Å². The first-order valence-corrected chi connectivity index (χ1v) is 19.8. The number of thiophene rings is 1. The molecule has 1 amide bonds. The SMILES string of the molecule is C=CC[C@@H]1/C=C(\C)C[C@H](C)C[C@H](OC)[C@H]2O[C@@](O)(C(=O)C(=O)N3CCCC[C@H]3C(=O)O[C@H](/C(C)=C/c3ccsc3)[C@H](C)[C@@H](O)CC1=O)[C@H](C)C[C@@H]2OC. The van der Waals surface area contributed by atoms with Gasteiger partial charge in [-0.3, -0.25) is 14.4 Å². The van der Waals surface area contributed by atoms with Crippen LogP contribution in [0.25, 0.3) is 6.08 Å². The van der Waals surface area contributed by atoms with Crippen molar-refractivity contribution < 1.29 is 48.3 Å². The molecule has 3 aliphatic heterocycles. The third-order valence-corrected chi connectivity index (χ3v) is 11.9. The van der Waals surface area contributed by atoms with E-state index >= 15 is 0 Å². The van der Waals surface area contributed by atoms with Gasteiger partial charge in [-0.1, -0.05) is 44.6 Å². The highest BCUT2D eigenvalue weighted by Gasteiger charge is 2.56. The predicted octanol–water partition coefficient (Wildman–Crippen LogP) is 5.68. The number of methoxy groups -OCH3 is 2. The van der Waals surface area contributed by atoms with Gasteiger partial charge < -0.3 is 34.1 Å². The lowest BCUT2D eigenvalue weighted by molar-refractivity contribution is -0.302. The molecule has 2 N–H and O–H groups in total. The molecule has 0 aliphatic carbocycles. The Hall–Kier alpha value is -3.00. The third kappa shape index (κ3) is 10.2. The summed E-state index contributed by atoms with van der Waals surface area (Å²) in [5.74, 6) is -7.57. The van der Waals surface area contributed by atoms with Crippen LogP contribution in [0, 0.1) is 23.7 Å². The lowest BCUT2D eigenvalue weighted by Gasteiger charge is -2.47. The van der Waals surface area contributed by atoms with E-state index in [1.165, 1.54) is 30.5 Å². The number of rotatable bonds is 6. The third-order valence-electron chi connectivity index (χ3n) is 11.2. The number of carbonyl (C=O) groups excluding carboxylic acids is 4. The number of allylic oxidation sites excluding steroid dienone is 3. The fourth-order valence-corrected chi connectivity index (χ4v) is 8.73. The van der Waals surface area contributed by atoms with E-state index in [2.05, 4.69) is 6.58 Å². The Kier molecular flexibility index (Phi) is 15.4. The molecule has 53 heavy (non-hydrogen) atoms. The van der Waals surface area contributed by atoms with Gasteiger partial charge in [0.05, 0.1) is 18.3 Å². The highest BCUT2D eigenvalue weighted by Crippen LogP contribution is 2.39. The summed E-state index contributed by atoms with van der Waals surface area (Å²) in [6, 6.07) is 0.810. The van der Waals surface area contributed by atoms with Crippen LogP contribution in [0.3, 0.4) is 0 Å². The number of fused-ring (bicyclic) bond motifs is 3. The Balaban J connectivity index is 1.79. The number of carbonyl (C=O) groups is 4. The number of nitrogens with zero attached hydrogens (tertiary/aromatic N) is 1. The summed E-state index contributed by atoms with van der Waals surface area (Å²) in [6.07, 6.45) is 4.29. The van der Waals surface area contributed by atoms with Gasteiger partial charge in [0, 0.05) is 44.9 Å². The molecule has 0 spiro atoms. The van der Waals surface area contributed by atoms with E-state index in [9.17, 15) is 29.4 Å². The second kappa shape index (κ2) is 19.0. The Bertz CT molecular complexity index is 1510. The van der Waals surface area contributed by atoms with Crippen LogP contribution in [-0.2, 0) is 38.1 Å².